The van der Waals surface area contributed by atoms with E-state index in [0.29, 0.717) is 42.0 Å². The Hall–Kier alpha value is -2.80. The Bertz CT molecular complexity index is 971. The Balaban J connectivity index is 1.75. The Morgan fingerprint density at radius 1 is 1.00 bits per heavy atom. The summed E-state index contributed by atoms with van der Waals surface area (Å²) in [6.07, 6.45) is 2.02. The molecule has 0 saturated carbocycles. The molecule has 0 aliphatic carbocycles. The molecule has 6 nitrogen and oxygen atoms in total. The molecule has 154 valence electrons. The maximum absolute atomic E-state index is 12.7. The highest BCUT2D eigenvalue weighted by atomic mass is 32.1. The van der Waals surface area contributed by atoms with Crippen molar-refractivity contribution in [2.24, 2.45) is 0 Å². The summed E-state index contributed by atoms with van der Waals surface area (Å²) in [5.74, 6) is 1.78. The number of benzene rings is 2. The summed E-state index contributed by atoms with van der Waals surface area (Å²) in [6.45, 7) is 7.68. The number of aromatic nitrogens is 1. The van der Waals surface area contributed by atoms with E-state index in [0.717, 1.165) is 28.8 Å². The Morgan fingerprint density at radius 3 is 2.59 bits per heavy atom. The fourth-order valence-corrected chi connectivity index (χ4v) is 3.64. The van der Waals surface area contributed by atoms with Crippen LogP contribution in [0.3, 0.4) is 0 Å². The van der Waals surface area contributed by atoms with Crippen molar-refractivity contribution in [3.8, 4) is 17.2 Å². The number of carbonyl (C=O) groups is 1. The molecule has 3 rings (SSSR count). The van der Waals surface area contributed by atoms with E-state index in [4.69, 9.17) is 14.2 Å². The summed E-state index contributed by atoms with van der Waals surface area (Å²) >= 11 is 1.41. The van der Waals surface area contributed by atoms with Crippen molar-refractivity contribution in [3.05, 3.63) is 42.0 Å². The number of rotatable bonds is 10. The number of carbonyl (C=O) groups excluding carboxylic acids is 1. The molecule has 2 aromatic carbocycles. The van der Waals surface area contributed by atoms with Gasteiger partial charge in [-0.15, -0.1) is 0 Å². The van der Waals surface area contributed by atoms with Gasteiger partial charge in [0.05, 0.1) is 30.0 Å². The van der Waals surface area contributed by atoms with Gasteiger partial charge in [-0.3, -0.25) is 10.1 Å². The highest BCUT2D eigenvalue weighted by molar-refractivity contribution is 7.22. The molecule has 0 fully saturated rings. The second kappa shape index (κ2) is 10.1. The highest BCUT2D eigenvalue weighted by Gasteiger charge is 2.14. The molecule has 0 bridgehead atoms. The van der Waals surface area contributed by atoms with Crippen molar-refractivity contribution in [2.75, 3.05) is 25.1 Å². The van der Waals surface area contributed by atoms with Gasteiger partial charge < -0.3 is 14.2 Å². The third-order valence-electron chi connectivity index (χ3n) is 4.15. The number of fused-ring (bicyclic) bond motifs is 1. The fourth-order valence-electron chi connectivity index (χ4n) is 2.75. The van der Waals surface area contributed by atoms with Crippen LogP contribution in [0.4, 0.5) is 5.13 Å². The lowest BCUT2D eigenvalue weighted by Gasteiger charge is -2.13. The number of hydrogen-bond donors (Lipinski definition) is 1. The number of amides is 1. The number of thiazole rings is 1. The van der Waals surface area contributed by atoms with Crippen LogP contribution in [0.25, 0.3) is 10.2 Å². The van der Waals surface area contributed by atoms with Gasteiger partial charge in [0.15, 0.2) is 16.6 Å². The topological polar surface area (TPSA) is 69.7 Å². The third kappa shape index (κ3) is 5.38. The minimum Gasteiger partial charge on any atom is -0.494 e. The molecule has 0 atom stereocenters. The molecule has 1 N–H and O–H groups in total. The predicted octanol–water partition coefficient (Wildman–Crippen LogP) is 5.52. The maximum atomic E-state index is 12.7. The van der Waals surface area contributed by atoms with Gasteiger partial charge in [-0.2, -0.15) is 0 Å². The molecule has 3 aromatic rings. The van der Waals surface area contributed by atoms with Crippen LogP contribution >= 0.6 is 11.3 Å². The summed E-state index contributed by atoms with van der Waals surface area (Å²) in [5.41, 5.74) is 1.31. The van der Waals surface area contributed by atoms with E-state index in [9.17, 15) is 4.79 Å². The number of ether oxygens (including phenoxy) is 3. The smallest absolute Gasteiger partial charge is 0.257 e. The fraction of sp³-hybridized carbons (Fsp3) is 0.364. The Morgan fingerprint density at radius 2 is 1.83 bits per heavy atom. The highest BCUT2D eigenvalue weighted by Crippen LogP contribution is 2.31. The molecular formula is C22H26N2O4S. The lowest BCUT2D eigenvalue weighted by Crippen LogP contribution is -2.12. The number of nitrogens with one attached hydrogen (secondary N) is 1. The van der Waals surface area contributed by atoms with Crippen LogP contribution in [0.15, 0.2) is 36.4 Å². The van der Waals surface area contributed by atoms with Crippen LogP contribution in [0, 0.1) is 0 Å². The molecule has 29 heavy (non-hydrogen) atoms. The molecule has 0 unspecified atom stereocenters. The number of nitrogens with zero attached hydrogens (tertiary/aromatic N) is 1. The van der Waals surface area contributed by atoms with Crippen LogP contribution in [0.5, 0.6) is 17.2 Å². The van der Waals surface area contributed by atoms with Crippen molar-refractivity contribution in [1.29, 1.82) is 0 Å². The van der Waals surface area contributed by atoms with Crippen LogP contribution in [0.1, 0.15) is 44.0 Å². The maximum Gasteiger partial charge on any atom is 0.257 e. The van der Waals surface area contributed by atoms with Gasteiger partial charge in [-0.25, -0.2) is 4.98 Å². The van der Waals surface area contributed by atoms with E-state index in [1.165, 1.54) is 11.3 Å². The zero-order valence-corrected chi connectivity index (χ0v) is 17.8. The lowest BCUT2D eigenvalue weighted by atomic mass is 10.2. The van der Waals surface area contributed by atoms with Gasteiger partial charge in [-0.1, -0.05) is 24.7 Å². The van der Waals surface area contributed by atoms with E-state index in [1.807, 2.05) is 32.0 Å². The van der Waals surface area contributed by atoms with Gasteiger partial charge in [-0.05, 0) is 56.7 Å². The molecule has 1 amide bonds. The van der Waals surface area contributed by atoms with Crippen LogP contribution in [-0.4, -0.2) is 30.7 Å². The van der Waals surface area contributed by atoms with E-state index in [-0.39, 0.29) is 5.91 Å². The first-order valence-corrected chi connectivity index (χ1v) is 10.7. The molecular weight excluding hydrogens is 388 g/mol. The summed E-state index contributed by atoms with van der Waals surface area (Å²) < 4.78 is 17.9. The molecule has 0 spiro atoms. The molecule has 7 heteroatoms. The lowest BCUT2D eigenvalue weighted by molar-refractivity contribution is 0.102. The molecule has 0 aliphatic rings. The van der Waals surface area contributed by atoms with Gasteiger partial charge in [0.1, 0.15) is 5.75 Å². The average molecular weight is 415 g/mol. The first kappa shape index (κ1) is 20.9. The second-order valence-corrected chi connectivity index (χ2v) is 7.36. The number of hydrogen-bond acceptors (Lipinski definition) is 6. The van der Waals surface area contributed by atoms with Crippen LogP contribution in [-0.2, 0) is 0 Å². The molecule has 0 radical (unpaired) electrons. The van der Waals surface area contributed by atoms with E-state index in [2.05, 4.69) is 17.2 Å². The monoisotopic (exact) mass is 414 g/mol. The van der Waals surface area contributed by atoms with E-state index in [1.54, 1.807) is 18.2 Å². The summed E-state index contributed by atoms with van der Waals surface area (Å²) in [5, 5.41) is 3.41. The van der Waals surface area contributed by atoms with Crippen molar-refractivity contribution in [2.45, 2.75) is 33.6 Å². The standard InChI is InChI=1S/C22H26N2O4S/c1-4-7-12-28-18-11-8-15(13-19(18)27-6-3)21(25)24-22-23-17-10-9-16(26-5-2)14-20(17)29-22/h8-11,13-14H,4-7,12H2,1-3H3,(H,23,24,25). The van der Waals surface area contributed by atoms with Gasteiger partial charge in [0.25, 0.3) is 5.91 Å². The molecule has 0 saturated heterocycles. The zero-order valence-electron chi connectivity index (χ0n) is 17.0. The van der Waals surface area contributed by atoms with Gasteiger partial charge in [0.2, 0.25) is 0 Å². The van der Waals surface area contributed by atoms with Gasteiger partial charge >= 0.3 is 0 Å². The van der Waals surface area contributed by atoms with Gasteiger partial charge in [0, 0.05) is 5.56 Å². The Labute approximate surface area is 174 Å². The number of unbranched alkanes of at least 4 members (excludes halogenated alkanes) is 1. The SMILES string of the molecule is CCCCOc1ccc(C(=O)Nc2nc3ccc(OCC)cc3s2)cc1OCC. The number of anilines is 1. The second-order valence-electron chi connectivity index (χ2n) is 6.33. The largest absolute Gasteiger partial charge is 0.494 e. The molecule has 1 heterocycles. The average Bonchev–Trinajstić information content (AvgIpc) is 3.11. The van der Waals surface area contributed by atoms with E-state index < -0.39 is 0 Å². The first-order chi connectivity index (χ1) is 14.1. The van der Waals surface area contributed by atoms with Crippen molar-refractivity contribution < 1.29 is 19.0 Å². The first-order valence-electron chi connectivity index (χ1n) is 9.89. The third-order valence-corrected chi connectivity index (χ3v) is 5.09. The predicted molar refractivity (Wildman–Crippen MR) is 117 cm³/mol. The quantitative estimate of drug-likeness (QED) is 0.442. The minimum absolute atomic E-state index is 0.241. The minimum atomic E-state index is -0.241. The van der Waals surface area contributed by atoms with Crippen molar-refractivity contribution in [3.63, 3.8) is 0 Å². The van der Waals surface area contributed by atoms with E-state index >= 15 is 0 Å². The van der Waals surface area contributed by atoms with Crippen molar-refractivity contribution >= 4 is 32.6 Å². The molecule has 0 aliphatic heterocycles. The summed E-state index contributed by atoms with van der Waals surface area (Å²) in [4.78, 5) is 17.2. The van der Waals surface area contributed by atoms with Crippen LogP contribution < -0.4 is 19.5 Å². The summed E-state index contributed by atoms with van der Waals surface area (Å²) in [7, 11) is 0. The van der Waals surface area contributed by atoms with Crippen LogP contribution in [0.2, 0.25) is 0 Å². The van der Waals surface area contributed by atoms with Crippen molar-refractivity contribution in [1.82, 2.24) is 4.98 Å². The molecule has 1 aromatic heterocycles. The summed E-state index contributed by atoms with van der Waals surface area (Å²) in [6, 6.07) is 10.9. The Kier molecular flexibility index (Phi) is 7.30. The zero-order chi connectivity index (χ0) is 20.6. The normalized spacial score (nSPS) is 10.7.